The third-order valence-electron chi connectivity index (χ3n) is 3.80. The van der Waals surface area contributed by atoms with Crippen LogP contribution in [0.15, 0.2) is 51.9 Å². The minimum atomic E-state index is -0.442. The van der Waals surface area contributed by atoms with Crippen molar-refractivity contribution in [2.24, 2.45) is 4.99 Å². The Labute approximate surface area is 160 Å². The first-order valence-electron chi connectivity index (χ1n) is 7.30. The Kier molecular flexibility index (Phi) is 4.15. The van der Waals surface area contributed by atoms with E-state index in [9.17, 15) is 9.50 Å². The molecule has 7 heteroatoms. The quantitative estimate of drug-likeness (QED) is 0.494. The molecule has 0 saturated heterocycles. The van der Waals surface area contributed by atoms with Gasteiger partial charge in [-0.2, -0.15) is 0 Å². The molecule has 0 radical (unpaired) electrons. The molecular formula is C18H10BrFN2OS2. The van der Waals surface area contributed by atoms with Gasteiger partial charge in [-0.25, -0.2) is 4.39 Å². The van der Waals surface area contributed by atoms with E-state index in [2.05, 4.69) is 20.9 Å². The van der Waals surface area contributed by atoms with Crippen LogP contribution in [-0.4, -0.2) is 15.9 Å². The maximum absolute atomic E-state index is 14.1. The van der Waals surface area contributed by atoms with E-state index in [0.717, 1.165) is 21.3 Å². The zero-order chi connectivity index (χ0) is 17.6. The fourth-order valence-corrected chi connectivity index (χ4v) is 4.29. The van der Waals surface area contributed by atoms with Gasteiger partial charge in [0, 0.05) is 21.8 Å². The largest absolute Gasteiger partial charge is 0.493 e. The summed E-state index contributed by atoms with van der Waals surface area (Å²) in [4.78, 5) is 4.92. The molecule has 0 saturated carbocycles. The van der Waals surface area contributed by atoms with Crippen LogP contribution in [0.25, 0.3) is 17.3 Å². The van der Waals surface area contributed by atoms with E-state index in [1.807, 2.05) is 24.3 Å². The number of halogens is 2. The van der Waals surface area contributed by atoms with Crippen LogP contribution in [0.1, 0.15) is 10.4 Å². The lowest BCUT2D eigenvalue weighted by Crippen LogP contribution is -1.96. The zero-order valence-corrected chi connectivity index (χ0v) is 15.8. The van der Waals surface area contributed by atoms with Crippen molar-refractivity contribution in [3.8, 4) is 11.6 Å². The number of aliphatic imine (C=N–C) groups is 1. The maximum Gasteiger partial charge on any atom is 0.215 e. The zero-order valence-electron chi connectivity index (χ0n) is 12.6. The minimum Gasteiger partial charge on any atom is -0.493 e. The first-order valence-corrected chi connectivity index (χ1v) is 9.32. The number of rotatable bonds is 2. The molecule has 0 fully saturated rings. The van der Waals surface area contributed by atoms with Gasteiger partial charge in [0.2, 0.25) is 5.88 Å². The SMILES string of the molecule is Oc1c(C=C2C=Nc3ccc(Br)cc32)sc(=S)n1-c1ccccc1F. The highest BCUT2D eigenvalue weighted by Crippen LogP contribution is 2.38. The number of allylic oxidation sites excluding steroid dienone is 1. The first kappa shape index (κ1) is 16.4. The summed E-state index contributed by atoms with van der Waals surface area (Å²) in [6.45, 7) is 0. The smallest absolute Gasteiger partial charge is 0.215 e. The number of hydrogen-bond acceptors (Lipinski definition) is 4. The fraction of sp³-hybridized carbons (Fsp3) is 0. The van der Waals surface area contributed by atoms with Crippen molar-refractivity contribution in [3.63, 3.8) is 0 Å². The number of para-hydroxylation sites is 1. The van der Waals surface area contributed by atoms with E-state index in [1.165, 1.54) is 22.0 Å². The minimum absolute atomic E-state index is 0.0792. The second-order valence-electron chi connectivity index (χ2n) is 5.36. The Hall–Kier alpha value is -2.09. The lowest BCUT2D eigenvalue weighted by molar-refractivity contribution is 0.438. The molecule has 0 spiro atoms. The number of aromatic hydroxyl groups is 1. The molecule has 1 aliphatic heterocycles. The van der Waals surface area contributed by atoms with Crippen molar-refractivity contribution in [1.82, 2.24) is 4.57 Å². The highest BCUT2D eigenvalue weighted by molar-refractivity contribution is 9.10. The topological polar surface area (TPSA) is 37.5 Å². The first-order chi connectivity index (χ1) is 12.0. The molecule has 4 rings (SSSR count). The van der Waals surface area contributed by atoms with Crippen molar-refractivity contribution in [3.05, 3.63) is 67.1 Å². The summed E-state index contributed by atoms with van der Waals surface area (Å²) >= 11 is 10.0. The van der Waals surface area contributed by atoms with Crippen molar-refractivity contribution in [1.29, 1.82) is 0 Å². The summed E-state index contributed by atoms with van der Waals surface area (Å²) in [6.07, 6.45) is 3.56. The van der Waals surface area contributed by atoms with Crippen LogP contribution in [0.3, 0.4) is 0 Å². The van der Waals surface area contributed by atoms with E-state index in [4.69, 9.17) is 12.2 Å². The van der Waals surface area contributed by atoms with Crippen molar-refractivity contribution in [2.45, 2.75) is 0 Å². The Morgan fingerprint density at radius 2 is 2.04 bits per heavy atom. The van der Waals surface area contributed by atoms with E-state index in [1.54, 1.807) is 24.4 Å². The van der Waals surface area contributed by atoms with Crippen molar-refractivity contribution in [2.75, 3.05) is 0 Å². The average Bonchev–Trinajstić information content (AvgIpc) is 3.10. The lowest BCUT2D eigenvalue weighted by Gasteiger charge is -2.05. The Balaban J connectivity index is 1.84. The molecule has 3 aromatic rings. The average molecular weight is 433 g/mol. The summed E-state index contributed by atoms with van der Waals surface area (Å²) in [5, 5.41) is 10.6. The number of aromatic nitrogens is 1. The van der Waals surface area contributed by atoms with E-state index in [0.29, 0.717) is 8.83 Å². The highest BCUT2D eigenvalue weighted by Gasteiger charge is 2.18. The molecule has 0 atom stereocenters. The van der Waals surface area contributed by atoms with Crippen LogP contribution in [0, 0.1) is 9.77 Å². The summed E-state index contributed by atoms with van der Waals surface area (Å²) in [6, 6.07) is 12.0. The molecule has 2 heterocycles. The Morgan fingerprint density at radius 3 is 2.84 bits per heavy atom. The molecule has 0 unspecified atom stereocenters. The van der Waals surface area contributed by atoms with Crippen LogP contribution < -0.4 is 0 Å². The number of fused-ring (bicyclic) bond motifs is 1. The van der Waals surface area contributed by atoms with Gasteiger partial charge in [0.05, 0.1) is 16.3 Å². The molecule has 25 heavy (non-hydrogen) atoms. The molecule has 1 aromatic heterocycles. The molecule has 1 aliphatic rings. The summed E-state index contributed by atoms with van der Waals surface area (Å²) < 4.78 is 16.7. The Morgan fingerprint density at radius 1 is 1.24 bits per heavy atom. The predicted molar refractivity (Wildman–Crippen MR) is 106 cm³/mol. The van der Waals surface area contributed by atoms with E-state index >= 15 is 0 Å². The highest BCUT2D eigenvalue weighted by atomic mass is 79.9. The van der Waals surface area contributed by atoms with Gasteiger partial charge in [0.25, 0.3) is 0 Å². The monoisotopic (exact) mass is 432 g/mol. The molecule has 124 valence electrons. The molecule has 2 aromatic carbocycles. The molecule has 0 amide bonds. The van der Waals surface area contributed by atoms with Crippen LogP contribution in [0.5, 0.6) is 5.88 Å². The van der Waals surface area contributed by atoms with Crippen molar-refractivity contribution < 1.29 is 9.50 Å². The normalized spacial score (nSPS) is 14.2. The van der Waals surface area contributed by atoms with Gasteiger partial charge in [-0.05, 0) is 48.6 Å². The summed E-state index contributed by atoms with van der Waals surface area (Å²) in [5.74, 6) is -0.521. The number of nitrogens with zero attached hydrogens (tertiary/aromatic N) is 2. The standard InChI is InChI=1S/C18H10BrFN2OS2/c19-11-5-6-14-12(8-11)10(9-21-14)7-16-17(23)22(18(24)25-16)15-4-2-1-3-13(15)20/h1-9,23H. The van der Waals surface area contributed by atoms with E-state index in [-0.39, 0.29) is 11.6 Å². The third kappa shape index (κ3) is 2.88. The molecule has 3 nitrogen and oxygen atoms in total. The van der Waals surface area contributed by atoms with Crippen LogP contribution in [-0.2, 0) is 0 Å². The van der Waals surface area contributed by atoms with Gasteiger partial charge in [0.1, 0.15) is 5.82 Å². The van der Waals surface area contributed by atoms with Gasteiger partial charge in [0.15, 0.2) is 3.95 Å². The lowest BCUT2D eigenvalue weighted by atomic mass is 10.1. The van der Waals surface area contributed by atoms with Gasteiger partial charge in [-0.1, -0.05) is 28.1 Å². The van der Waals surface area contributed by atoms with Crippen LogP contribution in [0.4, 0.5) is 10.1 Å². The molecule has 0 bridgehead atoms. The predicted octanol–water partition coefficient (Wildman–Crippen LogP) is 6.13. The third-order valence-corrected chi connectivity index (χ3v) is 5.61. The van der Waals surface area contributed by atoms with Crippen LogP contribution in [0.2, 0.25) is 0 Å². The summed E-state index contributed by atoms with van der Waals surface area (Å²) in [7, 11) is 0. The van der Waals surface area contributed by atoms with Crippen LogP contribution >= 0.6 is 39.5 Å². The molecule has 0 aliphatic carbocycles. The van der Waals surface area contributed by atoms with Crippen molar-refractivity contribution >= 4 is 63.0 Å². The molecule has 1 N–H and O–H groups in total. The molecular weight excluding hydrogens is 423 g/mol. The second-order valence-corrected chi connectivity index (χ2v) is 7.95. The van der Waals surface area contributed by atoms with Gasteiger partial charge < -0.3 is 5.11 Å². The second kappa shape index (κ2) is 6.33. The maximum atomic E-state index is 14.1. The Bertz CT molecular complexity index is 1110. The summed E-state index contributed by atoms with van der Waals surface area (Å²) in [5.41, 5.74) is 2.93. The number of hydrogen-bond donors (Lipinski definition) is 1. The van der Waals surface area contributed by atoms with Gasteiger partial charge in [-0.3, -0.25) is 9.56 Å². The fourth-order valence-electron chi connectivity index (χ4n) is 2.64. The van der Waals surface area contributed by atoms with Gasteiger partial charge >= 0.3 is 0 Å². The number of benzene rings is 2. The number of thiazole rings is 1. The van der Waals surface area contributed by atoms with Gasteiger partial charge in [-0.15, -0.1) is 11.3 Å². The van der Waals surface area contributed by atoms with E-state index < -0.39 is 5.82 Å².